The third-order valence-electron chi connectivity index (χ3n) is 2.73. The van der Waals surface area contributed by atoms with Gasteiger partial charge in [-0.1, -0.05) is 36.4 Å². The van der Waals surface area contributed by atoms with E-state index in [-0.39, 0.29) is 12.1 Å². The minimum absolute atomic E-state index is 0.000972. The Bertz CT molecular complexity index is 472. The summed E-state index contributed by atoms with van der Waals surface area (Å²) in [5, 5.41) is 2.92. The number of carbonyl (C=O) groups is 1. The molecule has 1 aromatic carbocycles. The molecule has 0 aliphatic heterocycles. The summed E-state index contributed by atoms with van der Waals surface area (Å²) in [5.74, 6) is 0. The van der Waals surface area contributed by atoms with Gasteiger partial charge in [0.2, 0.25) is 0 Å². The van der Waals surface area contributed by atoms with Crippen molar-refractivity contribution >= 4 is 12.2 Å². The first-order valence-corrected chi connectivity index (χ1v) is 6.21. The number of fused-ring (bicyclic) bond motifs is 1. The van der Waals surface area contributed by atoms with Crippen LogP contribution in [0.5, 0.6) is 0 Å². The lowest BCUT2D eigenvalue weighted by Gasteiger charge is -2.25. The molecule has 1 aliphatic rings. The molecule has 0 fully saturated rings. The van der Waals surface area contributed by atoms with Gasteiger partial charge in [-0.3, -0.25) is 0 Å². The Hall–Kier alpha value is -1.77. The van der Waals surface area contributed by atoms with Gasteiger partial charge >= 0.3 is 6.09 Å². The predicted octanol–water partition coefficient (Wildman–Crippen LogP) is 3.67. The lowest BCUT2D eigenvalue weighted by atomic mass is 9.93. The van der Waals surface area contributed by atoms with Crippen molar-refractivity contribution in [1.29, 1.82) is 0 Å². The Kier molecular flexibility index (Phi) is 3.41. The van der Waals surface area contributed by atoms with Crippen LogP contribution in [0, 0.1) is 0 Å². The van der Waals surface area contributed by atoms with Gasteiger partial charge in [-0.15, -0.1) is 0 Å². The molecule has 0 saturated heterocycles. The summed E-state index contributed by atoms with van der Waals surface area (Å²) < 4.78 is 5.28. The molecule has 18 heavy (non-hydrogen) atoms. The van der Waals surface area contributed by atoms with Gasteiger partial charge in [0.05, 0.1) is 6.04 Å². The number of ether oxygens (including phenoxy) is 1. The Balaban J connectivity index is 2.08. The normalized spacial score (nSPS) is 18.1. The van der Waals surface area contributed by atoms with Crippen molar-refractivity contribution in [1.82, 2.24) is 5.32 Å². The van der Waals surface area contributed by atoms with Gasteiger partial charge in [-0.2, -0.15) is 0 Å². The first-order valence-electron chi connectivity index (χ1n) is 6.21. The van der Waals surface area contributed by atoms with Gasteiger partial charge < -0.3 is 10.1 Å². The molecule has 1 atom stereocenters. The maximum atomic E-state index is 11.8. The van der Waals surface area contributed by atoms with Crippen molar-refractivity contribution in [2.75, 3.05) is 0 Å². The molecule has 0 bridgehead atoms. The van der Waals surface area contributed by atoms with Crippen LogP contribution in [0.2, 0.25) is 0 Å². The summed E-state index contributed by atoms with van der Waals surface area (Å²) in [6, 6.07) is 8.08. The Labute approximate surface area is 108 Å². The first kappa shape index (κ1) is 12.7. The minimum Gasteiger partial charge on any atom is -0.444 e. The Morgan fingerprint density at radius 1 is 1.33 bits per heavy atom. The highest BCUT2D eigenvalue weighted by molar-refractivity contribution is 5.69. The number of hydrogen-bond donors (Lipinski definition) is 1. The highest BCUT2D eigenvalue weighted by Gasteiger charge is 2.22. The van der Waals surface area contributed by atoms with Crippen molar-refractivity contribution in [3.8, 4) is 0 Å². The molecule has 0 aromatic heterocycles. The number of alkyl carbamates (subject to hydrolysis) is 1. The van der Waals surface area contributed by atoms with Gasteiger partial charge in [-0.25, -0.2) is 4.79 Å². The molecule has 0 radical (unpaired) electrons. The van der Waals surface area contributed by atoms with Crippen molar-refractivity contribution in [2.24, 2.45) is 0 Å². The largest absolute Gasteiger partial charge is 0.444 e. The molecule has 1 amide bonds. The number of rotatable bonds is 1. The van der Waals surface area contributed by atoms with Crippen molar-refractivity contribution in [3.63, 3.8) is 0 Å². The summed E-state index contributed by atoms with van der Waals surface area (Å²) in [5.41, 5.74) is 1.84. The van der Waals surface area contributed by atoms with Gasteiger partial charge in [0.1, 0.15) is 5.60 Å². The molecule has 1 aliphatic carbocycles. The number of amides is 1. The molecule has 1 N–H and O–H groups in total. The average Bonchev–Trinajstić information content (AvgIpc) is 2.27. The van der Waals surface area contributed by atoms with Crippen molar-refractivity contribution < 1.29 is 9.53 Å². The number of hydrogen-bond acceptors (Lipinski definition) is 2. The predicted molar refractivity (Wildman–Crippen MR) is 72.2 cm³/mol. The van der Waals surface area contributed by atoms with Crippen LogP contribution < -0.4 is 5.32 Å². The van der Waals surface area contributed by atoms with E-state index >= 15 is 0 Å². The first-order chi connectivity index (χ1) is 8.46. The summed E-state index contributed by atoms with van der Waals surface area (Å²) in [4.78, 5) is 11.8. The fourth-order valence-corrected chi connectivity index (χ4v) is 2.02. The van der Waals surface area contributed by atoms with Gasteiger partial charge in [-0.05, 0) is 38.3 Å². The van der Waals surface area contributed by atoms with E-state index in [1.807, 2.05) is 39.0 Å². The van der Waals surface area contributed by atoms with Crippen LogP contribution in [0.25, 0.3) is 6.08 Å². The van der Waals surface area contributed by atoms with Gasteiger partial charge in [0.25, 0.3) is 0 Å². The van der Waals surface area contributed by atoms with Gasteiger partial charge in [0.15, 0.2) is 0 Å². The van der Waals surface area contributed by atoms with Gasteiger partial charge in [0, 0.05) is 0 Å². The van der Waals surface area contributed by atoms with Crippen LogP contribution in [0.1, 0.15) is 44.4 Å². The Morgan fingerprint density at radius 3 is 2.78 bits per heavy atom. The fraction of sp³-hybridized carbons (Fsp3) is 0.400. The molecule has 3 nitrogen and oxygen atoms in total. The van der Waals surface area contributed by atoms with E-state index < -0.39 is 5.60 Å². The molecule has 3 heteroatoms. The molecular weight excluding hydrogens is 226 g/mol. The maximum Gasteiger partial charge on any atom is 0.408 e. The van der Waals surface area contributed by atoms with Crippen LogP contribution in [0.4, 0.5) is 4.79 Å². The van der Waals surface area contributed by atoms with Crippen LogP contribution in [-0.2, 0) is 4.74 Å². The number of nitrogens with one attached hydrogen (secondary N) is 1. The van der Waals surface area contributed by atoms with E-state index in [9.17, 15) is 4.79 Å². The van der Waals surface area contributed by atoms with Crippen LogP contribution in [-0.4, -0.2) is 11.7 Å². The van der Waals surface area contributed by atoms with Crippen LogP contribution in [0.3, 0.4) is 0 Å². The standard InChI is InChI=1S/C15H19NO2/c1-15(2,3)18-14(17)16-13-10-6-8-11-7-4-5-9-12(11)13/h4-9,13H,10H2,1-3H3,(H,16,17)/t13-/m0/s1. The third kappa shape index (κ3) is 3.13. The summed E-state index contributed by atoms with van der Waals surface area (Å²) in [6.07, 6.45) is 4.60. The van der Waals surface area contributed by atoms with Crippen LogP contribution >= 0.6 is 0 Å². The SMILES string of the molecule is CC(C)(C)OC(=O)N[C@H]1CC=Cc2ccccc21. The zero-order chi connectivity index (χ0) is 13.2. The monoisotopic (exact) mass is 245 g/mol. The summed E-state index contributed by atoms with van der Waals surface area (Å²) in [6.45, 7) is 5.59. The molecule has 0 heterocycles. The van der Waals surface area contributed by atoms with E-state index in [4.69, 9.17) is 4.74 Å². The zero-order valence-corrected chi connectivity index (χ0v) is 11.1. The average molecular weight is 245 g/mol. The summed E-state index contributed by atoms with van der Waals surface area (Å²) >= 11 is 0. The molecular formula is C15H19NO2. The second kappa shape index (κ2) is 4.84. The molecule has 2 rings (SSSR count). The highest BCUT2D eigenvalue weighted by Crippen LogP contribution is 2.27. The van der Waals surface area contributed by atoms with Crippen LogP contribution in [0.15, 0.2) is 30.3 Å². The number of benzene rings is 1. The highest BCUT2D eigenvalue weighted by atomic mass is 16.6. The lowest BCUT2D eigenvalue weighted by molar-refractivity contribution is 0.0503. The smallest absolute Gasteiger partial charge is 0.408 e. The topological polar surface area (TPSA) is 38.3 Å². The van der Waals surface area contributed by atoms with Crippen molar-refractivity contribution in [3.05, 3.63) is 41.5 Å². The maximum absolute atomic E-state index is 11.8. The fourth-order valence-electron chi connectivity index (χ4n) is 2.02. The molecule has 0 spiro atoms. The second-order valence-corrected chi connectivity index (χ2v) is 5.47. The molecule has 96 valence electrons. The quantitative estimate of drug-likeness (QED) is 0.819. The van der Waals surface area contributed by atoms with E-state index in [0.29, 0.717) is 0 Å². The van der Waals surface area contributed by atoms with Crippen molar-refractivity contribution in [2.45, 2.75) is 38.8 Å². The molecule has 0 unspecified atom stereocenters. The third-order valence-corrected chi connectivity index (χ3v) is 2.73. The number of carbonyl (C=O) groups excluding carboxylic acids is 1. The second-order valence-electron chi connectivity index (χ2n) is 5.47. The van der Waals surface area contributed by atoms with E-state index in [1.54, 1.807) is 0 Å². The lowest BCUT2D eigenvalue weighted by Crippen LogP contribution is -2.35. The zero-order valence-electron chi connectivity index (χ0n) is 11.1. The van der Waals surface area contributed by atoms with E-state index in [0.717, 1.165) is 17.5 Å². The Morgan fingerprint density at radius 2 is 2.06 bits per heavy atom. The summed E-state index contributed by atoms with van der Waals surface area (Å²) in [7, 11) is 0. The minimum atomic E-state index is -0.464. The van der Waals surface area contributed by atoms with E-state index in [1.165, 1.54) is 0 Å². The molecule has 0 saturated carbocycles. The van der Waals surface area contributed by atoms with E-state index in [2.05, 4.69) is 23.5 Å². The molecule has 1 aromatic rings.